The summed E-state index contributed by atoms with van der Waals surface area (Å²) in [5.41, 5.74) is 7.53. The molecule has 1 atom stereocenters. The highest BCUT2D eigenvalue weighted by atomic mass is 16.2. The van der Waals surface area contributed by atoms with Crippen molar-refractivity contribution in [2.24, 2.45) is 11.8 Å². The highest BCUT2D eigenvalue weighted by molar-refractivity contribution is 5.78. The first kappa shape index (κ1) is 14.6. The molecule has 0 aliphatic carbocycles. The van der Waals surface area contributed by atoms with Gasteiger partial charge in [-0.25, -0.2) is 0 Å². The minimum absolute atomic E-state index is 0.0683. The second-order valence-corrected chi connectivity index (χ2v) is 5.13. The Bertz CT molecular complexity index is 384. The first-order chi connectivity index (χ1) is 8.45. The molecule has 3 heteroatoms. The molecule has 1 amide bonds. The van der Waals surface area contributed by atoms with E-state index in [2.05, 4.69) is 13.8 Å². The molecule has 1 rings (SSSR count). The summed E-state index contributed by atoms with van der Waals surface area (Å²) in [7, 11) is 0. The molecule has 0 saturated heterocycles. The lowest BCUT2D eigenvalue weighted by Crippen LogP contribution is -2.36. The van der Waals surface area contributed by atoms with E-state index in [1.165, 1.54) is 0 Å². The predicted molar refractivity (Wildman–Crippen MR) is 75.9 cm³/mol. The number of carbonyl (C=O) groups excluding carboxylic acids is 1. The molecule has 100 valence electrons. The Morgan fingerprint density at radius 1 is 1.22 bits per heavy atom. The number of amides is 1. The van der Waals surface area contributed by atoms with Gasteiger partial charge in [0.05, 0.1) is 0 Å². The molecule has 0 saturated carbocycles. The average molecular weight is 248 g/mol. The maximum Gasteiger partial charge on any atom is 0.225 e. The average Bonchev–Trinajstić information content (AvgIpc) is 2.36. The lowest BCUT2D eigenvalue weighted by molar-refractivity contribution is -0.136. The molecule has 0 aliphatic heterocycles. The molecule has 1 unspecified atom stereocenters. The molecule has 18 heavy (non-hydrogen) atoms. The Labute approximate surface area is 110 Å². The van der Waals surface area contributed by atoms with Gasteiger partial charge < -0.3 is 10.6 Å². The van der Waals surface area contributed by atoms with E-state index in [0.717, 1.165) is 17.8 Å². The molecule has 0 fully saturated rings. The van der Waals surface area contributed by atoms with Crippen LogP contribution in [-0.2, 0) is 11.3 Å². The quantitative estimate of drug-likeness (QED) is 0.814. The Kier molecular flexibility index (Phi) is 5.20. The molecule has 0 aromatic heterocycles. The Hall–Kier alpha value is -1.51. The van der Waals surface area contributed by atoms with Crippen LogP contribution in [0.15, 0.2) is 24.3 Å². The summed E-state index contributed by atoms with van der Waals surface area (Å²) in [6, 6.07) is 7.70. The van der Waals surface area contributed by atoms with E-state index < -0.39 is 0 Å². The summed E-state index contributed by atoms with van der Waals surface area (Å²) in [4.78, 5) is 14.2. The molecule has 0 spiro atoms. The molecular weight excluding hydrogens is 224 g/mol. The van der Waals surface area contributed by atoms with Crippen molar-refractivity contribution in [2.45, 2.75) is 34.2 Å². The minimum atomic E-state index is 0.0683. The Balaban J connectivity index is 2.72. The standard InChI is InChI=1S/C15H24N2O/c1-5-17(15(18)12(4)11(2)3)10-13-6-8-14(16)9-7-13/h6-9,11-12H,5,10,16H2,1-4H3. The van der Waals surface area contributed by atoms with E-state index in [-0.39, 0.29) is 11.8 Å². The van der Waals surface area contributed by atoms with Crippen molar-refractivity contribution in [2.75, 3.05) is 12.3 Å². The number of nitrogen functional groups attached to an aromatic ring is 1. The smallest absolute Gasteiger partial charge is 0.225 e. The molecule has 0 heterocycles. The predicted octanol–water partition coefficient (Wildman–Crippen LogP) is 2.91. The summed E-state index contributed by atoms with van der Waals surface area (Å²) in [6.45, 7) is 9.58. The van der Waals surface area contributed by atoms with Crippen LogP contribution in [0.5, 0.6) is 0 Å². The molecule has 0 aliphatic rings. The Morgan fingerprint density at radius 2 is 1.78 bits per heavy atom. The number of hydrogen-bond acceptors (Lipinski definition) is 2. The van der Waals surface area contributed by atoms with E-state index in [1.54, 1.807) is 0 Å². The van der Waals surface area contributed by atoms with Crippen LogP contribution < -0.4 is 5.73 Å². The number of nitrogens with zero attached hydrogens (tertiary/aromatic N) is 1. The van der Waals surface area contributed by atoms with E-state index in [4.69, 9.17) is 5.73 Å². The van der Waals surface area contributed by atoms with Gasteiger partial charge in [0.25, 0.3) is 0 Å². The summed E-state index contributed by atoms with van der Waals surface area (Å²) in [5, 5.41) is 0. The van der Waals surface area contributed by atoms with Crippen molar-refractivity contribution in [3.8, 4) is 0 Å². The normalized spacial score (nSPS) is 12.5. The zero-order valence-electron chi connectivity index (χ0n) is 11.8. The van der Waals surface area contributed by atoms with Crippen LogP contribution in [0.25, 0.3) is 0 Å². The zero-order valence-corrected chi connectivity index (χ0v) is 11.8. The molecule has 1 aromatic carbocycles. The van der Waals surface area contributed by atoms with Gasteiger partial charge in [-0.2, -0.15) is 0 Å². The van der Waals surface area contributed by atoms with E-state index in [0.29, 0.717) is 12.5 Å². The number of anilines is 1. The van der Waals surface area contributed by atoms with Crippen LogP contribution in [0.3, 0.4) is 0 Å². The van der Waals surface area contributed by atoms with Crippen LogP contribution in [0, 0.1) is 11.8 Å². The van der Waals surface area contributed by atoms with Gasteiger partial charge >= 0.3 is 0 Å². The number of carbonyl (C=O) groups is 1. The van der Waals surface area contributed by atoms with Crippen LogP contribution in [0.2, 0.25) is 0 Å². The van der Waals surface area contributed by atoms with Gasteiger partial charge in [-0.05, 0) is 30.5 Å². The second kappa shape index (κ2) is 6.43. The lowest BCUT2D eigenvalue weighted by atomic mass is 9.96. The van der Waals surface area contributed by atoms with Gasteiger partial charge in [0, 0.05) is 24.7 Å². The van der Waals surface area contributed by atoms with Crippen molar-refractivity contribution in [1.29, 1.82) is 0 Å². The summed E-state index contributed by atoms with van der Waals surface area (Å²) >= 11 is 0. The van der Waals surface area contributed by atoms with Gasteiger partial charge in [-0.1, -0.05) is 32.9 Å². The van der Waals surface area contributed by atoms with Gasteiger partial charge in [0.15, 0.2) is 0 Å². The molecule has 0 bridgehead atoms. The SMILES string of the molecule is CCN(Cc1ccc(N)cc1)C(=O)C(C)C(C)C. The Morgan fingerprint density at radius 3 is 2.22 bits per heavy atom. The summed E-state index contributed by atoms with van der Waals surface area (Å²) in [6.07, 6.45) is 0. The highest BCUT2D eigenvalue weighted by Gasteiger charge is 2.21. The van der Waals surface area contributed by atoms with E-state index in [9.17, 15) is 4.79 Å². The first-order valence-electron chi connectivity index (χ1n) is 6.58. The maximum absolute atomic E-state index is 12.3. The third kappa shape index (κ3) is 3.76. The number of rotatable bonds is 5. The number of benzene rings is 1. The number of hydrogen-bond donors (Lipinski definition) is 1. The third-order valence-corrected chi connectivity index (χ3v) is 3.44. The van der Waals surface area contributed by atoms with Crippen LogP contribution >= 0.6 is 0 Å². The van der Waals surface area contributed by atoms with Crippen molar-refractivity contribution >= 4 is 11.6 Å². The molecule has 0 radical (unpaired) electrons. The summed E-state index contributed by atoms with van der Waals surface area (Å²) in [5.74, 6) is 0.668. The fraction of sp³-hybridized carbons (Fsp3) is 0.533. The van der Waals surface area contributed by atoms with Crippen LogP contribution in [0.1, 0.15) is 33.3 Å². The van der Waals surface area contributed by atoms with Crippen molar-refractivity contribution in [3.63, 3.8) is 0 Å². The lowest BCUT2D eigenvalue weighted by Gasteiger charge is -2.26. The summed E-state index contributed by atoms with van der Waals surface area (Å²) < 4.78 is 0. The van der Waals surface area contributed by atoms with E-state index >= 15 is 0 Å². The maximum atomic E-state index is 12.3. The molecule has 3 nitrogen and oxygen atoms in total. The van der Waals surface area contributed by atoms with Gasteiger partial charge in [-0.3, -0.25) is 4.79 Å². The second-order valence-electron chi connectivity index (χ2n) is 5.13. The van der Waals surface area contributed by atoms with Gasteiger partial charge in [0.2, 0.25) is 5.91 Å². The molecular formula is C15H24N2O. The largest absolute Gasteiger partial charge is 0.399 e. The van der Waals surface area contributed by atoms with Crippen molar-refractivity contribution in [3.05, 3.63) is 29.8 Å². The third-order valence-electron chi connectivity index (χ3n) is 3.44. The van der Waals surface area contributed by atoms with Crippen LogP contribution in [0.4, 0.5) is 5.69 Å². The van der Waals surface area contributed by atoms with Gasteiger partial charge in [-0.15, -0.1) is 0 Å². The zero-order chi connectivity index (χ0) is 13.7. The fourth-order valence-corrected chi connectivity index (χ4v) is 1.76. The number of nitrogens with two attached hydrogens (primary N) is 1. The monoisotopic (exact) mass is 248 g/mol. The van der Waals surface area contributed by atoms with Crippen LogP contribution in [-0.4, -0.2) is 17.4 Å². The van der Waals surface area contributed by atoms with E-state index in [1.807, 2.05) is 43.0 Å². The minimum Gasteiger partial charge on any atom is -0.399 e. The van der Waals surface area contributed by atoms with Gasteiger partial charge in [0.1, 0.15) is 0 Å². The fourth-order valence-electron chi connectivity index (χ4n) is 1.76. The highest BCUT2D eigenvalue weighted by Crippen LogP contribution is 2.16. The topological polar surface area (TPSA) is 46.3 Å². The molecule has 2 N–H and O–H groups in total. The first-order valence-corrected chi connectivity index (χ1v) is 6.58. The molecule has 1 aromatic rings. The van der Waals surface area contributed by atoms with Crippen molar-refractivity contribution in [1.82, 2.24) is 4.90 Å². The van der Waals surface area contributed by atoms with Crippen molar-refractivity contribution < 1.29 is 4.79 Å².